The zero-order chi connectivity index (χ0) is 16.7. The third-order valence-electron chi connectivity index (χ3n) is 3.13. The number of ether oxygens (including phenoxy) is 1. The second-order valence-electron chi connectivity index (χ2n) is 4.87. The Hall–Kier alpha value is -1.72. The molecule has 0 amide bonds. The monoisotopic (exact) mass is 346 g/mol. The van der Waals surface area contributed by atoms with Gasteiger partial charge in [0, 0.05) is 23.1 Å². The maximum absolute atomic E-state index is 11.9. The molecule has 5 heteroatoms. The van der Waals surface area contributed by atoms with E-state index in [1.807, 2.05) is 48.5 Å². The summed E-state index contributed by atoms with van der Waals surface area (Å²) in [6.45, 7) is 1.47. The highest BCUT2D eigenvalue weighted by molar-refractivity contribution is 8.14. The molecule has 0 spiro atoms. The van der Waals surface area contributed by atoms with Crippen LogP contribution in [0.25, 0.3) is 0 Å². The van der Waals surface area contributed by atoms with Crippen LogP contribution in [0.3, 0.4) is 0 Å². The zero-order valence-electron chi connectivity index (χ0n) is 13.1. The summed E-state index contributed by atoms with van der Waals surface area (Å²) in [6.07, 6.45) is 0. The van der Waals surface area contributed by atoms with Crippen LogP contribution in [-0.4, -0.2) is 23.8 Å². The second kappa shape index (κ2) is 8.79. The summed E-state index contributed by atoms with van der Waals surface area (Å²) in [7, 11) is 1.66. The van der Waals surface area contributed by atoms with Gasteiger partial charge in [0.05, 0.1) is 12.9 Å². The normalized spacial score (nSPS) is 10.3. The molecule has 0 heterocycles. The van der Waals surface area contributed by atoms with Crippen LogP contribution in [0.15, 0.2) is 53.4 Å². The maximum Gasteiger partial charge on any atom is 0.186 e. The van der Waals surface area contributed by atoms with Crippen molar-refractivity contribution in [2.45, 2.75) is 17.6 Å². The van der Waals surface area contributed by atoms with Gasteiger partial charge in [0.15, 0.2) is 10.9 Å². The van der Waals surface area contributed by atoms with E-state index in [2.05, 4.69) is 0 Å². The molecule has 0 bridgehead atoms. The van der Waals surface area contributed by atoms with Crippen molar-refractivity contribution in [2.24, 2.45) is 0 Å². The number of benzene rings is 2. The number of Topliss-reactive ketones (excluding diaryl/α,β-unsaturated/α-hetero) is 1. The first-order chi connectivity index (χ1) is 11.1. The minimum atomic E-state index is -0.0374. The molecule has 0 aliphatic carbocycles. The Balaban J connectivity index is 1.91. The van der Waals surface area contributed by atoms with Gasteiger partial charge in [0.25, 0.3) is 0 Å². The third-order valence-corrected chi connectivity index (χ3v) is 5.01. The van der Waals surface area contributed by atoms with Crippen molar-refractivity contribution >= 4 is 34.4 Å². The molecule has 2 aromatic carbocycles. The lowest BCUT2D eigenvalue weighted by Gasteiger charge is -2.05. The van der Waals surface area contributed by atoms with Crippen molar-refractivity contribution in [3.63, 3.8) is 0 Å². The Labute approximate surface area is 144 Å². The molecule has 0 aliphatic heterocycles. The molecule has 0 saturated carbocycles. The van der Waals surface area contributed by atoms with Crippen LogP contribution >= 0.6 is 23.5 Å². The lowest BCUT2D eigenvalue weighted by molar-refractivity contribution is -0.109. The van der Waals surface area contributed by atoms with Gasteiger partial charge in [-0.25, -0.2) is 0 Å². The summed E-state index contributed by atoms with van der Waals surface area (Å²) in [6, 6.07) is 15.5. The molecule has 2 rings (SSSR count). The molecule has 120 valence electrons. The number of hydrogen-bond donors (Lipinski definition) is 0. The summed E-state index contributed by atoms with van der Waals surface area (Å²) < 4.78 is 5.21. The topological polar surface area (TPSA) is 43.4 Å². The van der Waals surface area contributed by atoms with Gasteiger partial charge in [0.2, 0.25) is 0 Å². The standard InChI is InChI=1S/C18H18O3S2/c1-13(19)22-12-18(20)15-8-6-14(7-9-15)11-23-17-5-3-4-16(10-17)21-2/h3-10H,11-12H2,1-2H3. The minimum absolute atomic E-state index is 0.0165. The van der Waals surface area contributed by atoms with E-state index in [1.165, 1.54) is 6.92 Å². The van der Waals surface area contributed by atoms with E-state index >= 15 is 0 Å². The molecule has 0 aliphatic rings. The molecule has 23 heavy (non-hydrogen) atoms. The molecule has 0 N–H and O–H groups in total. The molecular weight excluding hydrogens is 328 g/mol. The van der Waals surface area contributed by atoms with Crippen molar-refractivity contribution in [1.29, 1.82) is 0 Å². The fraction of sp³-hybridized carbons (Fsp3) is 0.222. The molecule has 2 aromatic rings. The predicted octanol–water partition coefficient (Wildman–Crippen LogP) is 4.45. The number of carbonyl (C=O) groups excluding carboxylic acids is 2. The van der Waals surface area contributed by atoms with Crippen LogP contribution in [0.5, 0.6) is 5.75 Å². The first-order valence-corrected chi connectivity index (χ1v) is 9.08. The average Bonchev–Trinajstić information content (AvgIpc) is 2.58. The highest BCUT2D eigenvalue weighted by Gasteiger charge is 2.07. The molecule has 0 radical (unpaired) electrons. The van der Waals surface area contributed by atoms with Crippen LogP contribution in [0.2, 0.25) is 0 Å². The van der Waals surface area contributed by atoms with E-state index in [0.717, 1.165) is 33.7 Å². The predicted molar refractivity (Wildman–Crippen MR) is 96.5 cm³/mol. The van der Waals surface area contributed by atoms with Gasteiger partial charge in [-0.05, 0) is 23.8 Å². The summed E-state index contributed by atoms with van der Waals surface area (Å²) in [5.74, 6) is 1.85. The molecule has 0 unspecified atom stereocenters. The zero-order valence-corrected chi connectivity index (χ0v) is 14.7. The van der Waals surface area contributed by atoms with E-state index in [0.29, 0.717) is 5.56 Å². The molecule has 0 atom stereocenters. The van der Waals surface area contributed by atoms with E-state index in [9.17, 15) is 9.59 Å². The maximum atomic E-state index is 11.9. The van der Waals surface area contributed by atoms with Gasteiger partial charge in [-0.3, -0.25) is 9.59 Å². The van der Waals surface area contributed by atoms with Gasteiger partial charge < -0.3 is 4.74 Å². The van der Waals surface area contributed by atoms with Gasteiger partial charge in [-0.15, -0.1) is 11.8 Å². The number of ketones is 1. The Morgan fingerprint density at radius 1 is 1.09 bits per heavy atom. The van der Waals surface area contributed by atoms with Crippen molar-refractivity contribution < 1.29 is 14.3 Å². The van der Waals surface area contributed by atoms with Crippen LogP contribution in [0.4, 0.5) is 0 Å². The SMILES string of the molecule is COc1cccc(SCc2ccc(C(=O)CSC(C)=O)cc2)c1. The summed E-state index contributed by atoms with van der Waals surface area (Å²) in [4.78, 5) is 24.0. The largest absolute Gasteiger partial charge is 0.497 e. The molecule has 3 nitrogen and oxygen atoms in total. The van der Waals surface area contributed by atoms with Crippen LogP contribution < -0.4 is 4.74 Å². The number of methoxy groups -OCH3 is 1. The highest BCUT2D eigenvalue weighted by atomic mass is 32.2. The fourth-order valence-corrected chi connectivity index (χ4v) is 3.30. The van der Waals surface area contributed by atoms with E-state index in [1.54, 1.807) is 18.9 Å². The minimum Gasteiger partial charge on any atom is -0.497 e. The summed E-state index contributed by atoms with van der Waals surface area (Å²) in [5.41, 5.74) is 1.79. The lowest BCUT2D eigenvalue weighted by atomic mass is 10.1. The van der Waals surface area contributed by atoms with Gasteiger partial charge in [-0.2, -0.15) is 0 Å². The second-order valence-corrected chi connectivity index (χ2v) is 7.07. The van der Waals surface area contributed by atoms with Crippen molar-refractivity contribution in [2.75, 3.05) is 12.9 Å². The van der Waals surface area contributed by atoms with E-state index in [-0.39, 0.29) is 16.7 Å². The first-order valence-electron chi connectivity index (χ1n) is 7.11. The lowest BCUT2D eigenvalue weighted by Crippen LogP contribution is -2.03. The van der Waals surface area contributed by atoms with Gasteiger partial charge in [-0.1, -0.05) is 42.1 Å². The highest BCUT2D eigenvalue weighted by Crippen LogP contribution is 2.26. The number of rotatable bonds is 7. The quantitative estimate of drug-likeness (QED) is 0.547. The van der Waals surface area contributed by atoms with Crippen molar-refractivity contribution in [3.05, 3.63) is 59.7 Å². The van der Waals surface area contributed by atoms with Crippen LogP contribution in [0.1, 0.15) is 22.8 Å². The van der Waals surface area contributed by atoms with Crippen LogP contribution in [0, 0.1) is 0 Å². The smallest absolute Gasteiger partial charge is 0.186 e. The summed E-state index contributed by atoms with van der Waals surface area (Å²) in [5, 5.41) is -0.0374. The Morgan fingerprint density at radius 3 is 2.48 bits per heavy atom. The molecule has 0 fully saturated rings. The molecule has 0 saturated heterocycles. The number of carbonyl (C=O) groups is 2. The third kappa shape index (κ3) is 5.77. The first kappa shape index (κ1) is 17.6. The number of hydrogen-bond acceptors (Lipinski definition) is 5. The Morgan fingerprint density at radius 2 is 1.83 bits per heavy atom. The molecular formula is C18H18O3S2. The Kier molecular flexibility index (Phi) is 6.74. The summed E-state index contributed by atoms with van der Waals surface area (Å²) >= 11 is 2.76. The van der Waals surface area contributed by atoms with Crippen LogP contribution in [-0.2, 0) is 10.5 Å². The van der Waals surface area contributed by atoms with E-state index in [4.69, 9.17) is 4.74 Å². The Bertz CT molecular complexity index is 681. The van der Waals surface area contributed by atoms with Crippen molar-refractivity contribution in [1.82, 2.24) is 0 Å². The van der Waals surface area contributed by atoms with E-state index < -0.39 is 0 Å². The van der Waals surface area contributed by atoms with Gasteiger partial charge in [0.1, 0.15) is 5.75 Å². The van der Waals surface area contributed by atoms with Gasteiger partial charge >= 0.3 is 0 Å². The fourth-order valence-electron chi connectivity index (χ4n) is 1.90. The molecule has 0 aromatic heterocycles. The average molecular weight is 346 g/mol. The van der Waals surface area contributed by atoms with Crippen molar-refractivity contribution in [3.8, 4) is 5.75 Å². The number of thioether (sulfide) groups is 2.